The molecule has 1 aromatic carbocycles. The van der Waals surface area contributed by atoms with Crippen LogP contribution in [0.3, 0.4) is 0 Å². The minimum absolute atomic E-state index is 0.133. The van der Waals surface area contributed by atoms with Crippen LogP contribution < -0.4 is 5.32 Å². The van der Waals surface area contributed by atoms with Gasteiger partial charge in [0.05, 0.1) is 11.3 Å². The Bertz CT molecular complexity index is 732. The average Bonchev–Trinajstić information content (AvgIpc) is 2.83. The molecule has 2 N–H and O–H groups in total. The minimum atomic E-state index is -1.03. The Kier molecular flexibility index (Phi) is 4.30. The van der Waals surface area contributed by atoms with Crippen LogP contribution in [0.1, 0.15) is 51.9 Å². The van der Waals surface area contributed by atoms with Gasteiger partial charge in [-0.1, -0.05) is 19.9 Å². The van der Waals surface area contributed by atoms with Crippen molar-refractivity contribution in [3.63, 3.8) is 0 Å². The number of carboxylic acids is 1. The number of nitrogens with zero attached hydrogens (tertiary/aromatic N) is 2. The van der Waals surface area contributed by atoms with Crippen LogP contribution in [0.15, 0.2) is 24.3 Å². The van der Waals surface area contributed by atoms with Crippen molar-refractivity contribution in [2.24, 2.45) is 7.05 Å². The highest BCUT2D eigenvalue weighted by molar-refractivity contribution is 6.04. The first-order valence-corrected chi connectivity index (χ1v) is 6.99. The number of aromatic carboxylic acids is 1. The number of hydrogen-bond acceptors (Lipinski definition) is 3. The Labute approximate surface area is 128 Å². The summed E-state index contributed by atoms with van der Waals surface area (Å²) in [6.07, 6.45) is 0. The Morgan fingerprint density at radius 2 is 1.95 bits per heavy atom. The molecule has 0 aliphatic rings. The van der Waals surface area contributed by atoms with Gasteiger partial charge < -0.3 is 10.4 Å². The van der Waals surface area contributed by atoms with Crippen LogP contribution in [0.4, 0.5) is 5.69 Å². The fourth-order valence-electron chi connectivity index (χ4n) is 2.06. The zero-order valence-electron chi connectivity index (χ0n) is 13.0. The number of rotatable bonds is 4. The van der Waals surface area contributed by atoms with Crippen molar-refractivity contribution in [2.45, 2.75) is 26.7 Å². The first kappa shape index (κ1) is 15.8. The van der Waals surface area contributed by atoms with Crippen molar-refractivity contribution < 1.29 is 14.7 Å². The molecule has 0 unspecified atom stereocenters. The molecule has 0 aliphatic heterocycles. The van der Waals surface area contributed by atoms with E-state index in [1.807, 2.05) is 20.8 Å². The van der Waals surface area contributed by atoms with Crippen molar-refractivity contribution >= 4 is 17.6 Å². The van der Waals surface area contributed by atoms with E-state index >= 15 is 0 Å². The Balaban J connectivity index is 2.29. The van der Waals surface area contributed by atoms with E-state index in [9.17, 15) is 9.59 Å². The standard InChI is InChI=1S/C16H19N3O3/c1-9(2)12-8-14(19(4)18-12)15(20)17-13-7-11(16(21)22)6-5-10(13)3/h5-9H,1-4H3,(H,17,20)(H,21,22). The van der Waals surface area contributed by atoms with Gasteiger partial charge in [-0.25, -0.2) is 4.79 Å². The third kappa shape index (κ3) is 3.16. The lowest BCUT2D eigenvalue weighted by atomic mass is 10.1. The maximum atomic E-state index is 12.4. The zero-order valence-corrected chi connectivity index (χ0v) is 13.0. The number of carboxylic acid groups (broad SMARTS) is 1. The summed E-state index contributed by atoms with van der Waals surface area (Å²) in [7, 11) is 1.71. The first-order chi connectivity index (χ1) is 10.3. The quantitative estimate of drug-likeness (QED) is 0.909. The monoisotopic (exact) mass is 301 g/mol. The van der Waals surface area contributed by atoms with Crippen LogP contribution in [0.5, 0.6) is 0 Å². The van der Waals surface area contributed by atoms with Crippen molar-refractivity contribution in [1.82, 2.24) is 9.78 Å². The molecule has 0 aliphatic carbocycles. The lowest BCUT2D eigenvalue weighted by molar-refractivity contribution is 0.0696. The van der Waals surface area contributed by atoms with Gasteiger partial charge in [-0.2, -0.15) is 5.10 Å². The maximum Gasteiger partial charge on any atom is 0.335 e. The van der Waals surface area contributed by atoms with Gasteiger partial charge >= 0.3 is 5.97 Å². The smallest absolute Gasteiger partial charge is 0.335 e. The van der Waals surface area contributed by atoms with Crippen LogP contribution in [0.25, 0.3) is 0 Å². The summed E-state index contributed by atoms with van der Waals surface area (Å²) < 4.78 is 1.53. The molecular weight excluding hydrogens is 282 g/mol. The molecule has 0 bridgehead atoms. The maximum absolute atomic E-state index is 12.4. The fraction of sp³-hybridized carbons (Fsp3) is 0.312. The first-order valence-electron chi connectivity index (χ1n) is 6.99. The summed E-state index contributed by atoms with van der Waals surface area (Å²) in [6, 6.07) is 6.38. The van der Waals surface area contributed by atoms with E-state index in [2.05, 4.69) is 10.4 Å². The van der Waals surface area contributed by atoms with Gasteiger partial charge in [0.15, 0.2) is 0 Å². The van der Waals surface area contributed by atoms with Crippen LogP contribution in [0.2, 0.25) is 0 Å². The molecule has 2 rings (SSSR count). The number of nitrogens with one attached hydrogen (secondary N) is 1. The number of aryl methyl sites for hydroxylation is 2. The predicted molar refractivity (Wildman–Crippen MR) is 83.4 cm³/mol. The van der Waals surface area contributed by atoms with Gasteiger partial charge in [0.2, 0.25) is 0 Å². The minimum Gasteiger partial charge on any atom is -0.478 e. The molecule has 1 aromatic heterocycles. The summed E-state index contributed by atoms with van der Waals surface area (Å²) in [4.78, 5) is 23.4. The number of carbonyl (C=O) groups excluding carboxylic acids is 1. The van der Waals surface area contributed by atoms with Gasteiger partial charge in [0.1, 0.15) is 5.69 Å². The third-order valence-electron chi connectivity index (χ3n) is 3.46. The van der Waals surface area contributed by atoms with Crippen molar-refractivity contribution in [1.29, 1.82) is 0 Å². The molecular formula is C16H19N3O3. The molecule has 0 radical (unpaired) electrons. The van der Waals surface area contributed by atoms with Gasteiger partial charge in [-0.15, -0.1) is 0 Å². The number of aromatic nitrogens is 2. The topological polar surface area (TPSA) is 84.2 Å². The van der Waals surface area contributed by atoms with Crippen molar-refractivity contribution in [3.8, 4) is 0 Å². The van der Waals surface area contributed by atoms with Gasteiger partial charge in [-0.05, 0) is 36.6 Å². The van der Waals surface area contributed by atoms with E-state index in [1.54, 1.807) is 19.2 Å². The Morgan fingerprint density at radius 3 is 2.50 bits per heavy atom. The van der Waals surface area contributed by atoms with E-state index in [0.29, 0.717) is 11.4 Å². The van der Waals surface area contributed by atoms with Gasteiger partial charge in [0, 0.05) is 12.7 Å². The van der Waals surface area contributed by atoms with Crippen LogP contribution in [0, 0.1) is 6.92 Å². The fourth-order valence-corrected chi connectivity index (χ4v) is 2.06. The normalized spacial score (nSPS) is 10.8. The number of carbonyl (C=O) groups is 2. The third-order valence-corrected chi connectivity index (χ3v) is 3.46. The van der Waals surface area contributed by atoms with Crippen molar-refractivity contribution in [2.75, 3.05) is 5.32 Å². The molecule has 1 heterocycles. The molecule has 0 atom stereocenters. The molecule has 6 nitrogen and oxygen atoms in total. The van der Waals surface area contributed by atoms with Gasteiger partial charge in [-0.3, -0.25) is 9.48 Å². The molecule has 0 saturated heterocycles. The SMILES string of the molecule is Cc1ccc(C(=O)O)cc1NC(=O)c1cc(C(C)C)nn1C. The molecule has 116 valence electrons. The Morgan fingerprint density at radius 1 is 1.27 bits per heavy atom. The predicted octanol–water partition coefficient (Wildman–Crippen LogP) is 2.80. The lowest BCUT2D eigenvalue weighted by Gasteiger charge is -2.09. The molecule has 22 heavy (non-hydrogen) atoms. The van der Waals surface area contributed by atoms with E-state index in [0.717, 1.165) is 11.3 Å². The second-order valence-electron chi connectivity index (χ2n) is 5.52. The number of anilines is 1. The van der Waals surface area contributed by atoms with Gasteiger partial charge in [0.25, 0.3) is 5.91 Å². The molecule has 0 fully saturated rings. The summed E-state index contributed by atoms with van der Waals surface area (Å²) >= 11 is 0. The molecule has 6 heteroatoms. The summed E-state index contributed by atoms with van der Waals surface area (Å²) in [6.45, 7) is 5.82. The zero-order chi connectivity index (χ0) is 16.4. The number of hydrogen-bond donors (Lipinski definition) is 2. The highest BCUT2D eigenvalue weighted by Crippen LogP contribution is 2.19. The second kappa shape index (κ2) is 6.01. The van der Waals surface area contributed by atoms with E-state index in [4.69, 9.17) is 5.11 Å². The number of amides is 1. The van der Waals surface area contributed by atoms with E-state index in [1.165, 1.54) is 16.8 Å². The highest BCUT2D eigenvalue weighted by Gasteiger charge is 2.16. The summed E-state index contributed by atoms with van der Waals surface area (Å²) in [5.74, 6) is -1.12. The van der Waals surface area contributed by atoms with E-state index in [-0.39, 0.29) is 17.4 Å². The van der Waals surface area contributed by atoms with E-state index < -0.39 is 5.97 Å². The lowest BCUT2D eigenvalue weighted by Crippen LogP contribution is -2.17. The van der Waals surface area contributed by atoms with Crippen LogP contribution in [-0.2, 0) is 7.05 Å². The van der Waals surface area contributed by atoms with Crippen LogP contribution in [-0.4, -0.2) is 26.8 Å². The molecule has 2 aromatic rings. The molecule has 0 spiro atoms. The molecule has 0 saturated carbocycles. The average molecular weight is 301 g/mol. The largest absolute Gasteiger partial charge is 0.478 e. The molecule has 1 amide bonds. The summed E-state index contributed by atoms with van der Waals surface area (Å²) in [5.41, 5.74) is 2.68. The Hall–Kier alpha value is -2.63. The second-order valence-corrected chi connectivity index (χ2v) is 5.52. The van der Waals surface area contributed by atoms with Crippen LogP contribution >= 0.6 is 0 Å². The summed E-state index contributed by atoms with van der Waals surface area (Å²) in [5, 5.41) is 16.1. The highest BCUT2D eigenvalue weighted by atomic mass is 16.4. The van der Waals surface area contributed by atoms with Crippen molar-refractivity contribution in [3.05, 3.63) is 46.8 Å². The number of benzene rings is 1.